The lowest BCUT2D eigenvalue weighted by molar-refractivity contribution is 0.199. The Morgan fingerprint density at radius 2 is 1.68 bits per heavy atom. The van der Waals surface area contributed by atoms with Crippen molar-refractivity contribution in [1.82, 2.24) is 15.5 Å². The molecule has 2 N–H and O–H groups in total. The van der Waals surface area contributed by atoms with Gasteiger partial charge in [0.15, 0.2) is 5.11 Å². The van der Waals surface area contributed by atoms with Crippen LogP contribution in [0.3, 0.4) is 0 Å². The minimum absolute atomic E-state index is 0.456. The molecule has 0 aliphatic carbocycles. The lowest BCUT2D eigenvalue weighted by Crippen LogP contribution is -2.47. The molecule has 1 saturated heterocycles. The Bertz CT molecular complexity index is 667. The Morgan fingerprint density at radius 3 is 2.36 bits per heavy atom. The van der Waals surface area contributed by atoms with Crippen LogP contribution in [0.4, 0.5) is 0 Å². The van der Waals surface area contributed by atoms with Gasteiger partial charge in [0.1, 0.15) is 0 Å². The first-order valence-electron chi connectivity index (χ1n) is 8.74. The largest absolute Gasteiger partial charge is 0.360 e. The number of piperidine rings is 1. The number of hydrogen-bond acceptors (Lipinski definition) is 2. The maximum absolute atomic E-state index is 5.90. The summed E-state index contributed by atoms with van der Waals surface area (Å²) in [6.07, 6.45) is 2.24. The number of likely N-dealkylation sites (tertiary alicyclic amines) is 1. The van der Waals surface area contributed by atoms with Gasteiger partial charge in [-0.1, -0.05) is 54.1 Å². The first-order chi connectivity index (χ1) is 12.2. The molecule has 132 valence electrons. The second-order valence-corrected chi connectivity index (χ2v) is 7.33. The van der Waals surface area contributed by atoms with Gasteiger partial charge in [0.25, 0.3) is 0 Å². The minimum Gasteiger partial charge on any atom is -0.360 e. The van der Waals surface area contributed by atoms with Crippen molar-refractivity contribution in [2.24, 2.45) is 0 Å². The number of thiocarbonyl (C=S) groups is 1. The van der Waals surface area contributed by atoms with Crippen molar-refractivity contribution >= 4 is 28.9 Å². The van der Waals surface area contributed by atoms with E-state index in [1.807, 2.05) is 24.3 Å². The Balaban J connectivity index is 1.36. The van der Waals surface area contributed by atoms with Gasteiger partial charge in [-0.3, -0.25) is 4.90 Å². The Morgan fingerprint density at radius 1 is 1.00 bits per heavy atom. The fourth-order valence-electron chi connectivity index (χ4n) is 3.10. The first-order valence-corrected chi connectivity index (χ1v) is 9.53. The van der Waals surface area contributed by atoms with Crippen molar-refractivity contribution in [1.29, 1.82) is 0 Å². The van der Waals surface area contributed by atoms with Crippen molar-refractivity contribution in [2.45, 2.75) is 32.0 Å². The molecule has 0 unspecified atom stereocenters. The van der Waals surface area contributed by atoms with E-state index in [4.69, 9.17) is 23.8 Å². The van der Waals surface area contributed by atoms with Crippen LogP contribution in [0.25, 0.3) is 0 Å². The molecule has 0 spiro atoms. The standard InChI is InChI=1S/C20H24ClN3S/c21-18-8-6-16(7-9-18)14-22-20(25)23-19-10-12-24(13-11-19)15-17-4-2-1-3-5-17/h1-9,19H,10-15H2,(H2,22,23,25). The molecule has 3 nitrogen and oxygen atoms in total. The molecule has 1 aliphatic heterocycles. The van der Waals surface area contributed by atoms with Crippen molar-refractivity contribution in [2.75, 3.05) is 13.1 Å². The fraction of sp³-hybridized carbons (Fsp3) is 0.350. The zero-order valence-corrected chi connectivity index (χ0v) is 15.8. The average Bonchev–Trinajstić information content (AvgIpc) is 2.64. The summed E-state index contributed by atoms with van der Waals surface area (Å²) in [6, 6.07) is 19.0. The molecule has 25 heavy (non-hydrogen) atoms. The summed E-state index contributed by atoms with van der Waals surface area (Å²) < 4.78 is 0. The van der Waals surface area contributed by atoms with Crippen molar-refractivity contribution in [3.05, 3.63) is 70.7 Å². The summed E-state index contributed by atoms with van der Waals surface area (Å²) in [6.45, 7) is 3.96. The number of benzene rings is 2. The second-order valence-electron chi connectivity index (χ2n) is 6.49. The van der Waals surface area contributed by atoms with Crippen LogP contribution >= 0.6 is 23.8 Å². The van der Waals surface area contributed by atoms with Crippen LogP contribution in [0.15, 0.2) is 54.6 Å². The SMILES string of the molecule is S=C(NCc1ccc(Cl)cc1)NC1CCN(Cc2ccccc2)CC1. The summed E-state index contributed by atoms with van der Waals surface area (Å²) in [5, 5.41) is 8.22. The van der Waals surface area contributed by atoms with Crippen LogP contribution in [0.1, 0.15) is 24.0 Å². The fourth-order valence-corrected chi connectivity index (χ4v) is 3.46. The van der Waals surface area contributed by atoms with Crippen LogP contribution in [0, 0.1) is 0 Å². The molecule has 5 heteroatoms. The third kappa shape index (κ3) is 5.99. The van der Waals surface area contributed by atoms with Crippen LogP contribution < -0.4 is 10.6 Å². The van der Waals surface area contributed by atoms with Gasteiger partial charge in [0.2, 0.25) is 0 Å². The number of halogens is 1. The van der Waals surface area contributed by atoms with Gasteiger partial charge in [-0.15, -0.1) is 0 Å². The quantitative estimate of drug-likeness (QED) is 0.775. The highest BCUT2D eigenvalue weighted by molar-refractivity contribution is 7.80. The number of nitrogens with zero attached hydrogens (tertiary/aromatic N) is 1. The van der Waals surface area contributed by atoms with Crippen LogP contribution in [-0.4, -0.2) is 29.1 Å². The Kier molecular flexibility index (Phi) is 6.68. The Labute approximate surface area is 160 Å². The predicted molar refractivity (Wildman–Crippen MR) is 109 cm³/mol. The second kappa shape index (κ2) is 9.18. The van der Waals surface area contributed by atoms with E-state index in [0.29, 0.717) is 6.04 Å². The molecule has 0 atom stereocenters. The molecule has 0 saturated carbocycles. The van der Waals surface area contributed by atoms with E-state index in [2.05, 4.69) is 45.9 Å². The van der Waals surface area contributed by atoms with E-state index in [9.17, 15) is 0 Å². The summed E-state index contributed by atoms with van der Waals surface area (Å²) in [7, 11) is 0. The van der Waals surface area contributed by atoms with Crippen molar-refractivity contribution in [3.63, 3.8) is 0 Å². The molecule has 1 aliphatic rings. The molecular weight excluding hydrogens is 350 g/mol. The molecule has 3 rings (SSSR count). The molecule has 2 aromatic carbocycles. The number of nitrogens with one attached hydrogen (secondary N) is 2. The monoisotopic (exact) mass is 373 g/mol. The molecule has 0 aromatic heterocycles. The topological polar surface area (TPSA) is 27.3 Å². The molecule has 0 bridgehead atoms. The molecule has 0 amide bonds. The van der Waals surface area contributed by atoms with E-state index in [1.165, 1.54) is 11.1 Å². The van der Waals surface area contributed by atoms with Gasteiger partial charge >= 0.3 is 0 Å². The third-order valence-corrected chi connectivity index (χ3v) is 5.05. The third-order valence-electron chi connectivity index (χ3n) is 4.54. The highest BCUT2D eigenvalue weighted by atomic mass is 35.5. The smallest absolute Gasteiger partial charge is 0.166 e. The minimum atomic E-state index is 0.456. The maximum Gasteiger partial charge on any atom is 0.166 e. The van der Waals surface area contributed by atoms with Gasteiger partial charge in [-0.05, 0) is 48.3 Å². The van der Waals surface area contributed by atoms with Gasteiger partial charge in [0, 0.05) is 37.2 Å². The first kappa shape index (κ1) is 18.2. The Hall–Kier alpha value is -1.62. The highest BCUT2D eigenvalue weighted by Crippen LogP contribution is 2.14. The van der Waals surface area contributed by atoms with Gasteiger partial charge < -0.3 is 10.6 Å². The average molecular weight is 374 g/mol. The summed E-state index contributed by atoms with van der Waals surface area (Å²) in [5.41, 5.74) is 2.56. The summed E-state index contributed by atoms with van der Waals surface area (Å²) in [4.78, 5) is 2.51. The molecule has 1 heterocycles. The van der Waals surface area contributed by atoms with E-state index < -0.39 is 0 Å². The molecular formula is C20H24ClN3S. The van der Waals surface area contributed by atoms with Crippen LogP contribution in [0.2, 0.25) is 5.02 Å². The highest BCUT2D eigenvalue weighted by Gasteiger charge is 2.19. The van der Waals surface area contributed by atoms with E-state index >= 15 is 0 Å². The van der Waals surface area contributed by atoms with Crippen molar-refractivity contribution < 1.29 is 0 Å². The van der Waals surface area contributed by atoms with E-state index in [-0.39, 0.29) is 0 Å². The van der Waals surface area contributed by atoms with Crippen LogP contribution in [0.5, 0.6) is 0 Å². The zero-order valence-electron chi connectivity index (χ0n) is 14.2. The van der Waals surface area contributed by atoms with E-state index in [0.717, 1.165) is 49.2 Å². The normalized spacial score (nSPS) is 15.7. The van der Waals surface area contributed by atoms with Gasteiger partial charge in [-0.2, -0.15) is 0 Å². The molecule has 1 fully saturated rings. The van der Waals surface area contributed by atoms with E-state index in [1.54, 1.807) is 0 Å². The summed E-state index contributed by atoms with van der Waals surface area (Å²) in [5.74, 6) is 0. The zero-order chi connectivity index (χ0) is 17.5. The van der Waals surface area contributed by atoms with Gasteiger partial charge in [0.05, 0.1) is 0 Å². The van der Waals surface area contributed by atoms with Crippen molar-refractivity contribution in [3.8, 4) is 0 Å². The van der Waals surface area contributed by atoms with Gasteiger partial charge in [-0.25, -0.2) is 0 Å². The lowest BCUT2D eigenvalue weighted by atomic mass is 10.0. The maximum atomic E-state index is 5.90. The lowest BCUT2D eigenvalue weighted by Gasteiger charge is -2.33. The number of hydrogen-bond donors (Lipinski definition) is 2. The number of rotatable bonds is 5. The molecule has 0 radical (unpaired) electrons. The van der Waals surface area contributed by atoms with Crippen LogP contribution in [-0.2, 0) is 13.1 Å². The summed E-state index contributed by atoms with van der Waals surface area (Å²) >= 11 is 11.3. The predicted octanol–water partition coefficient (Wildman–Crippen LogP) is 3.97. The molecule has 2 aromatic rings.